The van der Waals surface area contributed by atoms with Crippen molar-refractivity contribution in [1.29, 1.82) is 0 Å². The quantitative estimate of drug-likeness (QED) is 0.840. The number of hydrogen-bond donors (Lipinski definition) is 2. The van der Waals surface area contributed by atoms with Gasteiger partial charge in [0.15, 0.2) is 5.11 Å². The molecule has 0 amide bonds. The Morgan fingerprint density at radius 1 is 1.23 bits per heavy atom. The van der Waals surface area contributed by atoms with E-state index in [9.17, 15) is 0 Å². The van der Waals surface area contributed by atoms with Crippen LogP contribution in [0.5, 0.6) is 5.75 Å². The fourth-order valence-electron chi connectivity index (χ4n) is 2.93. The maximum absolute atomic E-state index is 5.47. The minimum Gasteiger partial charge on any atom is -0.497 e. The van der Waals surface area contributed by atoms with Gasteiger partial charge in [-0.25, -0.2) is 0 Å². The third-order valence-corrected chi connectivity index (χ3v) is 4.34. The lowest BCUT2D eigenvalue weighted by Crippen LogP contribution is -2.31. The molecule has 0 fully saturated rings. The lowest BCUT2D eigenvalue weighted by molar-refractivity contribution is 0.414. The van der Waals surface area contributed by atoms with Gasteiger partial charge in [0.25, 0.3) is 0 Å². The Balaban J connectivity index is 1.66. The maximum Gasteiger partial charge on any atom is 0.171 e. The highest BCUT2D eigenvalue weighted by molar-refractivity contribution is 7.80. The van der Waals surface area contributed by atoms with Crippen LogP contribution in [-0.2, 0) is 6.42 Å². The van der Waals surface area contributed by atoms with E-state index in [4.69, 9.17) is 17.0 Å². The molecule has 22 heavy (non-hydrogen) atoms. The predicted octanol–water partition coefficient (Wildman–Crippen LogP) is 3.98. The molecule has 0 aromatic heterocycles. The second-order valence-corrected chi connectivity index (χ2v) is 5.98. The first-order valence-corrected chi connectivity index (χ1v) is 7.88. The van der Waals surface area contributed by atoms with Gasteiger partial charge in [0.1, 0.15) is 5.75 Å². The van der Waals surface area contributed by atoms with E-state index >= 15 is 0 Å². The smallest absolute Gasteiger partial charge is 0.171 e. The summed E-state index contributed by atoms with van der Waals surface area (Å²) in [6.07, 6.45) is 2.20. The molecule has 2 N–H and O–H groups in total. The lowest BCUT2D eigenvalue weighted by Gasteiger charge is -2.18. The predicted molar refractivity (Wildman–Crippen MR) is 94.6 cm³/mol. The molecule has 1 atom stereocenters. The number of aryl methyl sites for hydroxylation is 2. The number of nitrogens with one attached hydrogen (secondary N) is 2. The minimum absolute atomic E-state index is 0.301. The Morgan fingerprint density at radius 3 is 2.82 bits per heavy atom. The Kier molecular flexibility index (Phi) is 4.29. The molecule has 1 aliphatic rings. The highest BCUT2D eigenvalue weighted by Crippen LogP contribution is 2.30. The fourth-order valence-corrected chi connectivity index (χ4v) is 3.18. The van der Waals surface area contributed by atoms with Crippen molar-refractivity contribution in [2.75, 3.05) is 12.4 Å². The molecule has 1 unspecified atom stereocenters. The van der Waals surface area contributed by atoms with Gasteiger partial charge in [-0.3, -0.25) is 0 Å². The minimum atomic E-state index is 0.301. The summed E-state index contributed by atoms with van der Waals surface area (Å²) in [6, 6.07) is 14.8. The third kappa shape index (κ3) is 3.07. The maximum atomic E-state index is 5.47. The zero-order valence-electron chi connectivity index (χ0n) is 12.8. The largest absolute Gasteiger partial charge is 0.497 e. The Labute approximate surface area is 136 Å². The first-order chi connectivity index (χ1) is 10.7. The third-order valence-electron chi connectivity index (χ3n) is 4.12. The van der Waals surface area contributed by atoms with E-state index in [1.807, 2.05) is 25.1 Å². The molecule has 0 spiro atoms. The van der Waals surface area contributed by atoms with E-state index in [1.165, 1.54) is 11.1 Å². The zero-order valence-corrected chi connectivity index (χ0v) is 13.7. The molecular weight excluding hydrogens is 292 g/mol. The van der Waals surface area contributed by atoms with E-state index < -0.39 is 0 Å². The number of benzene rings is 2. The van der Waals surface area contributed by atoms with Crippen LogP contribution in [0.15, 0.2) is 42.5 Å². The molecule has 4 heteroatoms. The second-order valence-electron chi connectivity index (χ2n) is 5.57. The summed E-state index contributed by atoms with van der Waals surface area (Å²) >= 11 is 5.47. The summed E-state index contributed by atoms with van der Waals surface area (Å²) in [4.78, 5) is 0. The van der Waals surface area contributed by atoms with Crippen molar-refractivity contribution < 1.29 is 4.74 Å². The van der Waals surface area contributed by atoms with Crippen LogP contribution in [0.1, 0.15) is 29.2 Å². The molecule has 2 aromatic rings. The molecule has 3 rings (SSSR count). The van der Waals surface area contributed by atoms with Gasteiger partial charge in [0, 0.05) is 5.69 Å². The van der Waals surface area contributed by atoms with E-state index in [0.29, 0.717) is 11.2 Å². The molecule has 3 nitrogen and oxygen atoms in total. The second kappa shape index (κ2) is 6.36. The summed E-state index contributed by atoms with van der Waals surface area (Å²) in [5, 5.41) is 7.37. The van der Waals surface area contributed by atoms with Crippen molar-refractivity contribution in [3.8, 4) is 5.75 Å². The number of anilines is 1. The van der Waals surface area contributed by atoms with Gasteiger partial charge < -0.3 is 15.4 Å². The van der Waals surface area contributed by atoms with E-state index in [1.54, 1.807) is 7.11 Å². The van der Waals surface area contributed by atoms with Crippen molar-refractivity contribution in [2.45, 2.75) is 25.8 Å². The van der Waals surface area contributed by atoms with Crippen LogP contribution in [0.25, 0.3) is 0 Å². The highest BCUT2D eigenvalue weighted by atomic mass is 32.1. The van der Waals surface area contributed by atoms with Crippen molar-refractivity contribution in [1.82, 2.24) is 5.32 Å². The zero-order chi connectivity index (χ0) is 15.5. The summed E-state index contributed by atoms with van der Waals surface area (Å²) in [6.45, 7) is 2.04. The van der Waals surface area contributed by atoms with Crippen LogP contribution in [-0.4, -0.2) is 12.2 Å². The number of fused-ring (bicyclic) bond motifs is 1. The normalized spacial score (nSPS) is 16.0. The SMILES string of the molecule is COc1ccc(NC(=S)NC2CCc3ccccc32)c(C)c1. The van der Waals surface area contributed by atoms with Crippen LogP contribution in [0, 0.1) is 6.92 Å². The van der Waals surface area contributed by atoms with Gasteiger partial charge in [-0.1, -0.05) is 24.3 Å². The summed E-state index contributed by atoms with van der Waals surface area (Å²) in [7, 11) is 1.67. The molecular formula is C18H20N2OS. The Morgan fingerprint density at radius 2 is 2.05 bits per heavy atom. The summed E-state index contributed by atoms with van der Waals surface area (Å²) in [5.41, 5.74) is 4.89. The Hall–Kier alpha value is -2.07. The molecule has 0 bridgehead atoms. The number of hydrogen-bond acceptors (Lipinski definition) is 2. The van der Waals surface area contributed by atoms with Crippen molar-refractivity contribution in [2.24, 2.45) is 0 Å². The van der Waals surface area contributed by atoms with E-state index in [-0.39, 0.29) is 0 Å². The van der Waals surface area contributed by atoms with E-state index in [0.717, 1.165) is 29.8 Å². The van der Waals surface area contributed by atoms with Crippen LogP contribution in [0.3, 0.4) is 0 Å². The first kappa shape index (κ1) is 14.9. The van der Waals surface area contributed by atoms with Gasteiger partial charge in [-0.2, -0.15) is 0 Å². The number of methoxy groups -OCH3 is 1. The lowest BCUT2D eigenvalue weighted by atomic mass is 10.1. The number of rotatable bonds is 3. The molecule has 0 saturated heterocycles. The van der Waals surface area contributed by atoms with Gasteiger partial charge >= 0.3 is 0 Å². The van der Waals surface area contributed by atoms with Gasteiger partial charge in [-0.05, 0) is 66.9 Å². The Bertz CT molecular complexity index is 699. The van der Waals surface area contributed by atoms with Gasteiger partial charge in [0.2, 0.25) is 0 Å². The summed E-state index contributed by atoms with van der Waals surface area (Å²) in [5.74, 6) is 0.853. The van der Waals surface area contributed by atoms with Crippen molar-refractivity contribution in [3.05, 3.63) is 59.2 Å². The molecule has 114 valence electrons. The van der Waals surface area contributed by atoms with Crippen molar-refractivity contribution >= 4 is 23.0 Å². The average molecular weight is 312 g/mol. The molecule has 0 radical (unpaired) electrons. The molecule has 1 aliphatic carbocycles. The van der Waals surface area contributed by atoms with Crippen LogP contribution in [0.4, 0.5) is 5.69 Å². The van der Waals surface area contributed by atoms with Gasteiger partial charge in [-0.15, -0.1) is 0 Å². The summed E-state index contributed by atoms with van der Waals surface area (Å²) < 4.78 is 5.23. The number of ether oxygens (including phenoxy) is 1. The van der Waals surface area contributed by atoms with Crippen LogP contribution < -0.4 is 15.4 Å². The van der Waals surface area contributed by atoms with Crippen LogP contribution in [0.2, 0.25) is 0 Å². The molecule has 0 heterocycles. The monoisotopic (exact) mass is 312 g/mol. The molecule has 2 aromatic carbocycles. The average Bonchev–Trinajstić information content (AvgIpc) is 2.92. The van der Waals surface area contributed by atoms with Crippen LogP contribution >= 0.6 is 12.2 Å². The number of thiocarbonyl (C=S) groups is 1. The van der Waals surface area contributed by atoms with E-state index in [2.05, 4.69) is 34.9 Å². The molecule has 0 saturated carbocycles. The topological polar surface area (TPSA) is 33.3 Å². The first-order valence-electron chi connectivity index (χ1n) is 7.47. The molecule has 0 aliphatic heterocycles. The highest BCUT2D eigenvalue weighted by Gasteiger charge is 2.22. The van der Waals surface area contributed by atoms with Crippen molar-refractivity contribution in [3.63, 3.8) is 0 Å². The van der Waals surface area contributed by atoms with Gasteiger partial charge in [0.05, 0.1) is 13.2 Å². The standard InChI is InChI=1S/C18H20N2OS/c1-12-11-14(21-2)8-10-16(12)19-18(22)20-17-9-7-13-5-3-4-6-15(13)17/h3-6,8,10-11,17H,7,9H2,1-2H3,(H2,19,20,22). The fraction of sp³-hybridized carbons (Fsp3) is 0.278.